The van der Waals surface area contributed by atoms with Crippen molar-refractivity contribution in [3.05, 3.63) is 71.8 Å². The quantitative estimate of drug-likeness (QED) is 0.517. The summed E-state index contributed by atoms with van der Waals surface area (Å²) in [5.74, 6) is 1.17. The molecule has 1 aliphatic rings. The molecule has 5 N–H and O–H groups in total. The lowest BCUT2D eigenvalue weighted by Crippen LogP contribution is -2.37. The molecule has 1 aliphatic heterocycles. The standard InChI is InChI=1S/C22H26N4O3/c23-22(28)26-20(14-21(27)25-15-16-9-11-24-12-10-16)17-5-4-8-19(13-17)29-18-6-2-1-3-7-18/h1-9,13,20,24H,10-12,14-15H2,(H,25,27)(H3,23,26,28). The van der Waals surface area contributed by atoms with Gasteiger partial charge in [0.1, 0.15) is 11.5 Å². The van der Waals surface area contributed by atoms with E-state index < -0.39 is 12.1 Å². The van der Waals surface area contributed by atoms with Gasteiger partial charge in [-0.05, 0) is 42.8 Å². The Morgan fingerprint density at radius 2 is 1.90 bits per heavy atom. The van der Waals surface area contributed by atoms with E-state index in [0.717, 1.165) is 25.1 Å². The van der Waals surface area contributed by atoms with E-state index in [0.29, 0.717) is 18.0 Å². The first-order valence-corrected chi connectivity index (χ1v) is 9.64. The smallest absolute Gasteiger partial charge is 0.312 e. The Bertz CT molecular complexity index is 867. The Hall–Kier alpha value is -3.32. The molecule has 0 saturated carbocycles. The van der Waals surface area contributed by atoms with Crippen LogP contribution in [-0.2, 0) is 4.79 Å². The van der Waals surface area contributed by atoms with E-state index in [1.807, 2.05) is 48.5 Å². The molecule has 1 heterocycles. The molecule has 0 aliphatic carbocycles. The summed E-state index contributed by atoms with van der Waals surface area (Å²) in [5.41, 5.74) is 7.28. The zero-order valence-electron chi connectivity index (χ0n) is 16.2. The zero-order chi connectivity index (χ0) is 20.5. The van der Waals surface area contributed by atoms with E-state index in [1.165, 1.54) is 5.57 Å². The van der Waals surface area contributed by atoms with Crippen molar-refractivity contribution in [3.8, 4) is 11.5 Å². The highest BCUT2D eigenvalue weighted by Crippen LogP contribution is 2.26. The number of nitrogens with one attached hydrogen (secondary N) is 3. The molecule has 0 radical (unpaired) electrons. The van der Waals surface area contributed by atoms with Crippen molar-refractivity contribution < 1.29 is 14.3 Å². The molecule has 0 bridgehead atoms. The lowest BCUT2D eigenvalue weighted by molar-refractivity contribution is -0.121. The predicted octanol–water partition coefficient (Wildman–Crippen LogP) is 2.61. The van der Waals surface area contributed by atoms with Crippen LogP contribution >= 0.6 is 0 Å². The average molecular weight is 394 g/mol. The third-order valence-corrected chi connectivity index (χ3v) is 4.62. The Morgan fingerprint density at radius 1 is 1.10 bits per heavy atom. The summed E-state index contributed by atoms with van der Waals surface area (Å²) in [6, 6.07) is 15.4. The maximum absolute atomic E-state index is 12.4. The number of hydrogen-bond donors (Lipinski definition) is 4. The fourth-order valence-corrected chi connectivity index (χ4v) is 3.14. The number of primary amides is 1. The number of rotatable bonds is 8. The molecule has 1 unspecified atom stereocenters. The molecule has 7 heteroatoms. The molecular formula is C22H26N4O3. The first kappa shape index (κ1) is 20.4. The van der Waals surface area contributed by atoms with Crippen LogP contribution in [0.2, 0.25) is 0 Å². The van der Waals surface area contributed by atoms with E-state index in [2.05, 4.69) is 22.0 Å². The number of hydrogen-bond acceptors (Lipinski definition) is 4. The van der Waals surface area contributed by atoms with Crippen molar-refractivity contribution in [2.24, 2.45) is 5.73 Å². The fraction of sp³-hybridized carbons (Fsp3) is 0.273. The Labute approximate surface area is 170 Å². The van der Waals surface area contributed by atoms with Gasteiger partial charge in [0, 0.05) is 13.1 Å². The summed E-state index contributed by atoms with van der Waals surface area (Å²) in [6.07, 6.45) is 3.10. The summed E-state index contributed by atoms with van der Waals surface area (Å²) in [7, 11) is 0. The van der Waals surface area contributed by atoms with Gasteiger partial charge in [-0.15, -0.1) is 0 Å². The second-order valence-corrected chi connectivity index (χ2v) is 6.85. The van der Waals surface area contributed by atoms with Gasteiger partial charge in [-0.2, -0.15) is 0 Å². The molecule has 0 fully saturated rings. The summed E-state index contributed by atoms with van der Waals surface area (Å²) >= 11 is 0. The van der Waals surface area contributed by atoms with Gasteiger partial charge in [0.2, 0.25) is 5.91 Å². The van der Waals surface area contributed by atoms with Crippen LogP contribution in [0.4, 0.5) is 4.79 Å². The molecule has 3 amide bonds. The molecule has 2 aromatic carbocycles. The summed E-state index contributed by atoms with van der Waals surface area (Å²) in [5, 5.41) is 8.81. The number of carbonyl (C=O) groups excluding carboxylic acids is 2. The normalized spacial score (nSPS) is 14.4. The SMILES string of the molecule is NC(=O)NC(CC(=O)NCC1=CCNCC1)c1cccc(Oc2ccccc2)c1. The highest BCUT2D eigenvalue weighted by molar-refractivity contribution is 5.79. The van der Waals surface area contributed by atoms with E-state index in [9.17, 15) is 9.59 Å². The molecule has 0 saturated heterocycles. The van der Waals surface area contributed by atoms with Gasteiger partial charge >= 0.3 is 6.03 Å². The second kappa shape index (κ2) is 10.3. The van der Waals surface area contributed by atoms with Gasteiger partial charge < -0.3 is 26.4 Å². The zero-order valence-corrected chi connectivity index (χ0v) is 16.2. The molecule has 0 aromatic heterocycles. The Kier molecular flexibility index (Phi) is 7.24. The first-order valence-electron chi connectivity index (χ1n) is 9.64. The minimum Gasteiger partial charge on any atom is -0.457 e. The van der Waals surface area contributed by atoms with Crippen LogP contribution in [-0.4, -0.2) is 31.6 Å². The van der Waals surface area contributed by atoms with Crippen molar-refractivity contribution in [2.75, 3.05) is 19.6 Å². The van der Waals surface area contributed by atoms with Gasteiger partial charge in [-0.1, -0.05) is 42.0 Å². The number of ether oxygens (including phenoxy) is 1. The van der Waals surface area contributed by atoms with Crippen molar-refractivity contribution in [3.63, 3.8) is 0 Å². The molecule has 0 spiro atoms. The average Bonchev–Trinajstić information content (AvgIpc) is 2.73. The molecular weight excluding hydrogens is 368 g/mol. The number of urea groups is 1. The maximum atomic E-state index is 12.4. The molecule has 29 heavy (non-hydrogen) atoms. The van der Waals surface area contributed by atoms with Gasteiger partial charge in [-0.25, -0.2) is 4.79 Å². The van der Waals surface area contributed by atoms with Crippen LogP contribution in [0.1, 0.15) is 24.4 Å². The van der Waals surface area contributed by atoms with Gasteiger partial charge in [-0.3, -0.25) is 4.79 Å². The minimum absolute atomic E-state index is 0.0866. The molecule has 152 valence electrons. The van der Waals surface area contributed by atoms with Crippen molar-refractivity contribution in [1.82, 2.24) is 16.0 Å². The van der Waals surface area contributed by atoms with E-state index in [4.69, 9.17) is 10.5 Å². The van der Waals surface area contributed by atoms with Gasteiger partial charge in [0.05, 0.1) is 12.5 Å². The van der Waals surface area contributed by atoms with Crippen molar-refractivity contribution in [2.45, 2.75) is 18.9 Å². The first-order chi connectivity index (χ1) is 14.1. The molecule has 7 nitrogen and oxygen atoms in total. The van der Waals surface area contributed by atoms with Crippen LogP contribution in [0.3, 0.4) is 0 Å². The Balaban J connectivity index is 1.65. The fourth-order valence-electron chi connectivity index (χ4n) is 3.14. The number of carbonyl (C=O) groups is 2. The number of nitrogens with two attached hydrogens (primary N) is 1. The topological polar surface area (TPSA) is 105 Å². The van der Waals surface area contributed by atoms with Gasteiger partial charge in [0.25, 0.3) is 0 Å². The number of para-hydroxylation sites is 1. The van der Waals surface area contributed by atoms with Crippen LogP contribution in [0.25, 0.3) is 0 Å². The predicted molar refractivity (Wildman–Crippen MR) is 112 cm³/mol. The lowest BCUT2D eigenvalue weighted by Gasteiger charge is -2.19. The number of amides is 3. The lowest BCUT2D eigenvalue weighted by atomic mass is 10.0. The highest BCUT2D eigenvalue weighted by Gasteiger charge is 2.18. The monoisotopic (exact) mass is 394 g/mol. The second-order valence-electron chi connectivity index (χ2n) is 6.85. The summed E-state index contributed by atoms with van der Waals surface area (Å²) < 4.78 is 5.85. The van der Waals surface area contributed by atoms with Crippen LogP contribution in [0.15, 0.2) is 66.2 Å². The van der Waals surface area contributed by atoms with E-state index >= 15 is 0 Å². The van der Waals surface area contributed by atoms with Gasteiger partial charge in [0.15, 0.2) is 0 Å². The molecule has 2 aromatic rings. The van der Waals surface area contributed by atoms with Crippen molar-refractivity contribution >= 4 is 11.9 Å². The molecule has 3 rings (SSSR count). The van der Waals surface area contributed by atoms with E-state index in [1.54, 1.807) is 6.07 Å². The Morgan fingerprint density at radius 3 is 2.62 bits per heavy atom. The van der Waals surface area contributed by atoms with Crippen LogP contribution in [0, 0.1) is 0 Å². The maximum Gasteiger partial charge on any atom is 0.312 e. The third-order valence-electron chi connectivity index (χ3n) is 4.62. The van der Waals surface area contributed by atoms with Crippen LogP contribution < -0.4 is 26.4 Å². The van der Waals surface area contributed by atoms with Crippen molar-refractivity contribution in [1.29, 1.82) is 0 Å². The summed E-state index contributed by atoms with van der Waals surface area (Å²) in [6.45, 7) is 2.26. The van der Waals surface area contributed by atoms with Crippen LogP contribution in [0.5, 0.6) is 11.5 Å². The highest BCUT2D eigenvalue weighted by atomic mass is 16.5. The molecule has 1 atom stereocenters. The largest absolute Gasteiger partial charge is 0.457 e. The summed E-state index contributed by atoms with van der Waals surface area (Å²) in [4.78, 5) is 23.9. The van der Waals surface area contributed by atoms with E-state index in [-0.39, 0.29) is 12.3 Å². The third kappa shape index (κ3) is 6.65. The minimum atomic E-state index is -0.682. The number of benzene rings is 2.